The van der Waals surface area contributed by atoms with Crippen LogP contribution in [-0.4, -0.2) is 14.1 Å². The van der Waals surface area contributed by atoms with Crippen LogP contribution in [0.1, 0.15) is 24.5 Å². The Kier molecular flexibility index (Phi) is 4.20. The van der Waals surface area contributed by atoms with Gasteiger partial charge in [0.2, 0.25) is 0 Å². The van der Waals surface area contributed by atoms with Crippen LogP contribution in [0.25, 0.3) is 0 Å². The first-order valence-corrected chi connectivity index (χ1v) is 7.06. The predicted octanol–water partition coefficient (Wildman–Crippen LogP) is 4.59. The molecule has 2 rings (SSSR count). The lowest BCUT2D eigenvalue weighted by Gasteiger charge is -2.21. The van der Waals surface area contributed by atoms with Crippen LogP contribution in [0.15, 0.2) is 39.2 Å². The van der Waals surface area contributed by atoms with Crippen molar-refractivity contribution < 1.29 is 4.42 Å². The van der Waals surface area contributed by atoms with Crippen LogP contribution >= 0.6 is 15.9 Å². The summed E-state index contributed by atoms with van der Waals surface area (Å²) in [6.45, 7) is 4.05. The first-order chi connectivity index (χ1) is 8.97. The summed E-state index contributed by atoms with van der Waals surface area (Å²) in [5.41, 5.74) is 2.24. The van der Waals surface area contributed by atoms with E-state index in [9.17, 15) is 0 Å². The number of nitrogens with zero attached hydrogens (tertiary/aromatic N) is 1. The molecule has 1 aromatic carbocycles. The minimum atomic E-state index is 0.127. The van der Waals surface area contributed by atoms with E-state index >= 15 is 0 Å². The smallest absolute Gasteiger partial charge is 0.126 e. The van der Waals surface area contributed by atoms with Crippen LogP contribution < -0.4 is 10.2 Å². The van der Waals surface area contributed by atoms with Gasteiger partial charge in [0.25, 0.3) is 0 Å². The molecule has 102 valence electrons. The lowest BCUT2D eigenvalue weighted by Crippen LogP contribution is -2.13. The fourth-order valence-electron chi connectivity index (χ4n) is 2.00. The molecule has 1 atom stereocenters. The van der Waals surface area contributed by atoms with Gasteiger partial charge in [0.05, 0.1) is 17.4 Å². The SMILES string of the molecule is Cc1ccc(C(C)Nc2cc(Br)ccc2N(C)C)o1. The summed E-state index contributed by atoms with van der Waals surface area (Å²) >= 11 is 3.51. The molecular weight excluding hydrogens is 304 g/mol. The first kappa shape index (κ1) is 14.0. The number of aryl methyl sites for hydroxylation is 1. The lowest BCUT2D eigenvalue weighted by atomic mass is 10.2. The Morgan fingerprint density at radius 3 is 2.53 bits per heavy atom. The van der Waals surface area contributed by atoms with Gasteiger partial charge in [-0.3, -0.25) is 0 Å². The predicted molar refractivity (Wildman–Crippen MR) is 84.0 cm³/mol. The van der Waals surface area contributed by atoms with Gasteiger partial charge >= 0.3 is 0 Å². The maximum absolute atomic E-state index is 5.66. The number of anilines is 2. The Morgan fingerprint density at radius 1 is 1.21 bits per heavy atom. The number of hydrogen-bond donors (Lipinski definition) is 1. The van der Waals surface area contributed by atoms with Gasteiger partial charge in [0.15, 0.2) is 0 Å². The van der Waals surface area contributed by atoms with E-state index in [1.54, 1.807) is 0 Å². The standard InChI is InChI=1S/C15H19BrN2O/c1-10-5-8-15(19-10)11(2)17-13-9-12(16)6-7-14(13)18(3)4/h5-9,11,17H,1-4H3. The monoisotopic (exact) mass is 322 g/mol. The number of halogens is 1. The van der Waals surface area contributed by atoms with Crippen molar-refractivity contribution in [3.63, 3.8) is 0 Å². The summed E-state index contributed by atoms with van der Waals surface area (Å²) < 4.78 is 6.72. The van der Waals surface area contributed by atoms with E-state index in [1.807, 2.05) is 39.2 Å². The third-order valence-corrected chi connectivity index (χ3v) is 3.49. The summed E-state index contributed by atoms with van der Waals surface area (Å²) in [6, 6.07) is 10.3. The van der Waals surface area contributed by atoms with Crippen molar-refractivity contribution in [1.82, 2.24) is 0 Å². The highest BCUT2D eigenvalue weighted by atomic mass is 79.9. The van der Waals surface area contributed by atoms with E-state index in [1.165, 1.54) is 0 Å². The number of nitrogens with one attached hydrogen (secondary N) is 1. The Hall–Kier alpha value is -1.42. The van der Waals surface area contributed by atoms with Gasteiger partial charge in [-0.05, 0) is 44.2 Å². The third-order valence-electron chi connectivity index (χ3n) is 3.00. The summed E-state index contributed by atoms with van der Waals surface area (Å²) in [4.78, 5) is 2.09. The molecule has 0 amide bonds. The molecule has 0 saturated heterocycles. The van der Waals surface area contributed by atoms with E-state index in [0.29, 0.717) is 0 Å². The van der Waals surface area contributed by atoms with Crippen LogP contribution in [0.4, 0.5) is 11.4 Å². The Morgan fingerprint density at radius 2 is 1.95 bits per heavy atom. The highest BCUT2D eigenvalue weighted by Crippen LogP contribution is 2.31. The Labute approximate surface area is 122 Å². The van der Waals surface area contributed by atoms with Gasteiger partial charge in [-0.1, -0.05) is 15.9 Å². The van der Waals surface area contributed by atoms with Gasteiger partial charge in [0, 0.05) is 18.6 Å². The van der Waals surface area contributed by atoms with E-state index in [4.69, 9.17) is 4.42 Å². The van der Waals surface area contributed by atoms with Crippen molar-refractivity contribution in [2.45, 2.75) is 19.9 Å². The molecule has 0 aliphatic heterocycles. The van der Waals surface area contributed by atoms with Crippen molar-refractivity contribution in [2.75, 3.05) is 24.3 Å². The molecule has 0 bridgehead atoms. The van der Waals surface area contributed by atoms with Gasteiger partial charge in [-0.2, -0.15) is 0 Å². The van der Waals surface area contributed by atoms with Crippen LogP contribution in [0.2, 0.25) is 0 Å². The molecular formula is C15H19BrN2O. The van der Waals surface area contributed by atoms with Crippen molar-refractivity contribution in [3.8, 4) is 0 Å². The normalized spacial score (nSPS) is 12.3. The Bertz CT molecular complexity index is 563. The fraction of sp³-hybridized carbons (Fsp3) is 0.333. The molecule has 0 aliphatic carbocycles. The molecule has 0 spiro atoms. The number of benzene rings is 1. The van der Waals surface area contributed by atoms with Crippen molar-refractivity contribution in [1.29, 1.82) is 0 Å². The molecule has 4 heteroatoms. The zero-order valence-electron chi connectivity index (χ0n) is 11.7. The molecule has 0 aliphatic rings. The summed E-state index contributed by atoms with van der Waals surface area (Å²) in [6.07, 6.45) is 0. The van der Waals surface area contributed by atoms with E-state index in [2.05, 4.69) is 45.2 Å². The average Bonchev–Trinajstić information content (AvgIpc) is 2.75. The minimum Gasteiger partial charge on any atom is -0.464 e. The van der Waals surface area contributed by atoms with Crippen molar-refractivity contribution in [2.24, 2.45) is 0 Å². The molecule has 2 aromatic rings. The fourth-order valence-corrected chi connectivity index (χ4v) is 2.37. The minimum absolute atomic E-state index is 0.127. The van der Waals surface area contributed by atoms with E-state index in [0.717, 1.165) is 27.4 Å². The maximum atomic E-state index is 5.66. The molecule has 19 heavy (non-hydrogen) atoms. The molecule has 1 aromatic heterocycles. The second-order valence-electron chi connectivity index (χ2n) is 4.87. The molecule has 1 unspecified atom stereocenters. The third kappa shape index (κ3) is 3.32. The molecule has 1 N–H and O–H groups in total. The highest BCUT2D eigenvalue weighted by molar-refractivity contribution is 9.10. The van der Waals surface area contributed by atoms with Crippen molar-refractivity contribution >= 4 is 27.3 Å². The molecule has 3 nitrogen and oxygen atoms in total. The molecule has 1 heterocycles. The topological polar surface area (TPSA) is 28.4 Å². The van der Waals surface area contributed by atoms with Crippen LogP contribution in [0.5, 0.6) is 0 Å². The van der Waals surface area contributed by atoms with Gasteiger partial charge < -0.3 is 14.6 Å². The van der Waals surface area contributed by atoms with E-state index in [-0.39, 0.29) is 6.04 Å². The second-order valence-corrected chi connectivity index (χ2v) is 5.79. The van der Waals surface area contributed by atoms with E-state index < -0.39 is 0 Å². The number of hydrogen-bond acceptors (Lipinski definition) is 3. The summed E-state index contributed by atoms with van der Waals surface area (Å²) in [5.74, 6) is 1.88. The van der Waals surface area contributed by atoms with Crippen LogP contribution in [0.3, 0.4) is 0 Å². The lowest BCUT2D eigenvalue weighted by molar-refractivity contribution is 0.467. The molecule has 0 saturated carbocycles. The Balaban J connectivity index is 2.25. The van der Waals surface area contributed by atoms with Gasteiger partial charge in [-0.25, -0.2) is 0 Å². The first-order valence-electron chi connectivity index (χ1n) is 6.27. The van der Waals surface area contributed by atoms with Gasteiger partial charge in [-0.15, -0.1) is 0 Å². The number of rotatable bonds is 4. The highest BCUT2D eigenvalue weighted by Gasteiger charge is 2.12. The molecule has 0 fully saturated rings. The zero-order chi connectivity index (χ0) is 14.0. The maximum Gasteiger partial charge on any atom is 0.126 e. The summed E-state index contributed by atoms with van der Waals surface area (Å²) in [5, 5.41) is 3.50. The average molecular weight is 323 g/mol. The van der Waals surface area contributed by atoms with Gasteiger partial charge in [0.1, 0.15) is 11.5 Å². The zero-order valence-corrected chi connectivity index (χ0v) is 13.3. The quantitative estimate of drug-likeness (QED) is 0.892. The summed E-state index contributed by atoms with van der Waals surface area (Å²) in [7, 11) is 4.08. The second kappa shape index (κ2) is 5.70. The van der Waals surface area contributed by atoms with Crippen LogP contribution in [-0.2, 0) is 0 Å². The van der Waals surface area contributed by atoms with Crippen molar-refractivity contribution in [3.05, 3.63) is 46.3 Å². The molecule has 0 radical (unpaired) electrons. The number of furan rings is 1. The van der Waals surface area contributed by atoms with Crippen LogP contribution in [0, 0.1) is 6.92 Å². The largest absolute Gasteiger partial charge is 0.464 e.